The molecule has 0 radical (unpaired) electrons. The van der Waals surface area contributed by atoms with E-state index in [0.29, 0.717) is 0 Å². The minimum absolute atomic E-state index is 0.760. The number of hydrogen-bond donors (Lipinski definition) is 1. The average Bonchev–Trinajstić information content (AvgIpc) is 2.63. The summed E-state index contributed by atoms with van der Waals surface area (Å²) < 4.78 is 5.45. The van der Waals surface area contributed by atoms with Gasteiger partial charge in [-0.05, 0) is 18.9 Å². The second-order valence-corrected chi connectivity index (χ2v) is 6.67. The van der Waals surface area contributed by atoms with Crippen molar-refractivity contribution in [3.63, 3.8) is 0 Å². The van der Waals surface area contributed by atoms with Crippen molar-refractivity contribution >= 4 is 17.6 Å². The monoisotopic (exact) mass is 344 g/mol. The molecule has 0 saturated carbocycles. The molecular weight excluding hydrogens is 320 g/mol. The second-order valence-electron chi connectivity index (χ2n) is 5.80. The van der Waals surface area contributed by atoms with Crippen LogP contribution in [0.4, 0.5) is 5.82 Å². The van der Waals surface area contributed by atoms with Gasteiger partial charge in [-0.25, -0.2) is 9.97 Å². The Morgan fingerprint density at radius 3 is 2.58 bits per heavy atom. The molecule has 5 nitrogen and oxygen atoms in total. The number of aromatic nitrogens is 2. The van der Waals surface area contributed by atoms with Crippen LogP contribution in [-0.4, -0.2) is 49.6 Å². The molecule has 0 aliphatic carbocycles. The molecule has 0 unspecified atom stereocenters. The maximum atomic E-state index is 5.45. The highest BCUT2D eigenvalue weighted by Gasteiger charge is 2.15. The van der Waals surface area contributed by atoms with E-state index in [0.717, 1.165) is 61.5 Å². The van der Waals surface area contributed by atoms with Crippen molar-refractivity contribution in [2.24, 2.45) is 0 Å². The van der Waals surface area contributed by atoms with Crippen molar-refractivity contribution in [1.82, 2.24) is 15.3 Å². The fourth-order valence-electron chi connectivity index (χ4n) is 2.76. The van der Waals surface area contributed by atoms with Crippen LogP contribution >= 0.6 is 11.8 Å². The van der Waals surface area contributed by atoms with Crippen molar-refractivity contribution in [2.45, 2.75) is 12.3 Å². The Morgan fingerprint density at radius 1 is 1.17 bits per heavy atom. The molecule has 2 heterocycles. The van der Waals surface area contributed by atoms with Gasteiger partial charge in [0, 0.05) is 37.0 Å². The second kappa shape index (κ2) is 8.46. The first-order valence-corrected chi connectivity index (χ1v) is 9.63. The van der Waals surface area contributed by atoms with Crippen LogP contribution in [0.1, 0.15) is 11.3 Å². The molecule has 1 saturated heterocycles. The average molecular weight is 344 g/mol. The molecule has 2 aromatic rings. The predicted molar refractivity (Wildman–Crippen MR) is 100 cm³/mol. The van der Waals surface area contributed by atoms with Gasteiger partial charge in [0.1, 0.15) is 5.82 Å². The summed E-state index contributed by atoms with van der Waals surface area (Å²) in [7, 11) is 1.96. The molecule has 0 amide bonds. The van der Waals surface area contributed by atoms with E-state index in [-0.39, 0.29) is 0 Å². The minimum atomic E-state index is 0.760. The van der Waals surface area contributed by atoms with Crippen LogP contribution in [0.5, 0.6) is 0 Å². The van der Waals surface area contributed by atoms with Crippen LogP contribution < -0.4 is 10.2 Å². The van der Waals surface area contributed by atoms with Gasteiger partial charge in [0.15, 0.2) is 5.82 Å². The van der Waals surface area contributed by atoms with Gasteiger partial charge >= 0.3 is 0 Å². The minimum Gasteiger partial charge on any atom is -0.378 e. The molecule has 1 aromatic heterocycles. The van der Waals surface area contributed by atoms with Crippen LogP contribution in [0.3, 0.4) is 0 Å². The van der Waals surface area contributed by atoms with Crippen LogP contribution in [0.25, 0.3) is 11.4 Å². The quantitative estimate of drug-likeness (QED) is 0.869. The number of benzene rings is 1. The molecule has 1 fully saturated rings. The molecule has 6 heteroatoms. The molecule has 3 rings (SSSR count). The highest BCUT2D eigenvalue weighted by molar-refractivity contribution is 7.97. The Kier molecular flexibility index (Phi) is 6.07. The van der Waals surface area contributed by atoms with Crippen LogP contribution in [0.15, 0.2) is 30.3 Å². The van der Waals surface area contributed by atoms with Crippen molar-refractivity contribution in [3.05, 3.63) is 41.6 Å². The van der Waals surface area contributed by atoms with E-state index >= 15 is 0 Å². The van der Waals surface area contributed by atoms with E-state index < -0.39 is 0 Å². The van der Waals surface area contributed by atoms with Crippen LogP contribution in [-0.2, 0) is 17.0 Å². The molecule has 0 atom stereocenters. The molecule has 1 aliphatic rings. The van der Waals surface area contributed by atoms with E-state index in [1.54, 1.807) is 11.8 Å². The lowest BCUT2D eigenvalue weighted by atomic mass is 10.1. The molecule has 24 heavy (non-hydrogen) atoms. The first-order chi connectivity index (χ1) is 11.8. The van der Waals surface area contributed by atoms with Crippen LogP contribution in [0.2, 0.25) is 0 Å². The summed E-state index contributed by atoms with van der Waals surface area (Å²) in [5, 5.41) is 3.17. The van der Waals surface area contributed by atoms with Gasteiger partial charge in [0.05, 0.1) is 18.9 Å². The number of anilines is 1. The van der Waals surface area contributed by atoms with Gasteiger partial charge in [0.25, 0.3) is 0 Å². The number of rotatable bonds is 6. The van der Waals surface area contributed by atoms with Gasteiger partial charge in [-0.3, -0.25) is 0 Å². The summed E-state index contributed by atoms with van der Waals surface area (Å²) >= 11 is 1.78. The SMILES string of the molecule is CNCc1ccc(-c2nc(CSC)cc(N3CCOCC3)n2)cc1. The predicted octanol–water partition coefficient (Wildman–Crippen LogP) is 2.56. The lowest BCUT2D eigenvalue weighted by molar-refractivity contribution is 0.122. The maximum Gasteiger partial charge on any atom is 0.161 e. The topological polar surface area (TPSA) is 50.3 Å². The Balaban J connectivity index is 1.91. The molecule has 1 N–H and O–H groups in total. The van der Waals surface area contributed by atoms with Gasteiger partial charge in [-0.2, -0.15) is 11.8 Å². The summed E-state index contributed by atoms with van der Waals surface area (Å²) in [5.41, 5.74) is 3.40. The zero-order valence-electron chi connectivity index (χ0n) is 14.3. The highest BCUT2D eigenvalue weighted by Crippen LogP contribution is 2.23. The Hall–Kier alpha value is -1.63. The lowest BCUT2D eigenvalue weighted by Crippen LogP contribution is -2.37. The summed E-state index contributed by atoms with van der Waals surface area (Å²) in [4.78, 5) is 11.9. The smallest absolute Gasteiger partial charge is 0.161 e. The maximum absolute atomic E-state index is 5.45. The van der Waals surface area contributed by atoms with Gasteiger partial charge in [0.2, 0.25) is 0 Å². The fraction of sp³-hybridized carbons (Fsp3) is 0.444. The number of ether oxygens (including phenoxy) is 1. The first kappa shape index (κ1) is 17.2. The van der Waals surface area contributed by atoms with Crippen molar-refractivity contribution in [1.29, 1.82) is 0 Å². The summed E-state index contributed by atoms with van der Waals surface area (Å²) in [6.07, 6.45) is 2.10. The summed E-state index contributed by atoms with van der Waals surface area (Å²) in [6.45, 7) is 4.16. The molecular formula is C18H24N4OS. The first-order valence-electron chi connectivity index (χ1n) is 8.23. The van der Waals surface area contributed by atoms with Crippen molar-refractivity contribution < 1.29 is 4.74 Å². The Morgan fingerprint density at radius 2 is 1.92 bits per heavy atom. The van der Waals surface area contributed by atoms with E-state index in [2.05, 4.69) is 46.8 Å². The number of nitrogens with zero attached hydrogens (tertiary/aromatic N) is 3. The van der Waals surface area contributed by atoms with E-state index in [9.17, 15) is 0 Å². The number of thioether (sulfide) groups is 1. The standard InChI is InChI=1S/C18H24N4OS/c1-19-12-14-3-5-15(6-4-14)18-20-16(13-24-2)11-17(21-18)22-7-9-23-10-8-22/h3-6,11,19H,7-10,12-13H2,1-2H3. The molecule has 0 bridgehead atoms. The summed E-state index contributed by atoms with van der Waals surface area (Å²) in [5.74, 6) is 2.70. The van der Waals surface area contributed by atoms with Crippen molar-refractivity contribution in [3.8, 4) is 11.4 Å². The Bertz CT molecular complexity index is 657. The largest absolute Gasteiger partial charge is 0.378 e. The van der Waals surface area contributed by atoms with Gasteiger partial charge in [-0.1, -0.05) is 24.3 Å². The van der Waals surface area contributed by atoms with E-state index in [1.807, 2.05) is 7.05 Å². The normalized spacial score (nSPS) is 14.8. The van der Waals surface area contributed by atoms with E-state index in [4.69, 9.17) is 14.7 Å². The van der Waals surface area contributed by atoms with Crippen LogP contribution in [0, 0.1) is 0 Å². The zero-order valence-corrected chi connectivity index (χ0v) is 15.1. The van der Waals surface area contributed by atoms with Crippen molar-refractivity contribution in [2.75, 3.05) is 44.5 Å². The van der Waals surface area contributed by atoms with Gasteiger partial charge in [-0.15, -0.1) is 0 Å². The number of morpholine rings is 1. The number of hydrogen-bond acceptors (Lipinski definition) is 6. The Labute approximate surface area is 147 Å². The third-order valence-corrected chi connectivity index (χ3v) is 4.57. The molecule has 128 valence electrons. The molecule has 1 aliphatic heterocycles. The zero-order chi connectivity index (χ0) is 16.8. The molecule has 0 spiro atoms. The third kappa shape index (κ3) is 4.26. The highest BCUT2D eigenvalue weighted by atomic mass is 32.2. The summed E-state index contributed by atoms with van der Waals surface area (Å²) in [6, 6.07) is 10.6. The van der Waals surface area contributed by atoms with Gasteiger partial charge < -0.3 is 15.0 Å². The molecule has 1 aromatic carbocycles. The number of nitrogens with one attached hydrogen (secondary N) is 1. The van der Waals surface area contributed by atoms with E-state index in [1.165, 1.54) is 5.56 Å². The third-order valence-electron chi connectivity index (χ3n) is 3.99. The fourth-order valence-corrected chi connectivity index (χ4v) is 3.21. The lowest BCUT2D eigenvalue weighted by Gasteiger charge is -2.28.